The Morgan fingerprint density at radius 1 is 1.46 bits per heavy atom. The lowest BCUT2D eigenvalue weighted by Crippen LogP contribution is -2.51. The molecule has 0 spiro atoms. The highest BCUT2D eigenvalue weighted by Gasteiger charge is 2.30. The summed E-state index contributed by atoms with van der Waals surface area (Å²) in [4.78, 5) is 26.1. The fourth-order valence-corrected chi connectivity index (χ4v) is 3.33. The van der Waals surface area contributed by atoms with E-state index in [0.29, 0.717) is 19.6 Å². The van der Waals surface area contributed by atoms with Crippen LogP contribution in [0.4, 0.5) is 0 Å². The average Bonchev–Trinajstić information content (AvgIpc) is 2.89. The maximum atomic E-state index is 12.8. The SMILES string of the molecule is COCC[C@H](NC(C)=O)C(=O)N1CCC[C@H](n2nc(C)cc2C)C1. The molecule has 1 aliphatic heterocycles. The number of hydrogen-bond acceptors (Lipinski definition) is 4. The van der Waals surface area contributed by atoms with Crippen molar-refractivity contribution in [3.63, 3.8) is 0 Å². The fraction of sp³-hybridized carbons (Fsp3) is 0.706. The lowest BCUT2D eigenvalue weighted by Gasteiger charge is -2.35. The molecule has 7 heteroatoms. The number of nitrogens with zero attached hydrogens (tertiary/aromatic N) is 3. The van der Waals surface area contributed by atoms with E-state index in [1.165, 1.54) is 6.92 Å². The molecule has 0 aromatic carbocycles. The third kappa shape index (κ3) is 4.56. The molecule has 0 aliphatic carbocycles. The van der Waals surface area contributed by atoms with E-state index in [4.69, 9.17) is 4.74 Å². The van der Waals surface area contributed by atoms with Crippen molar-refractivity contribution in [2.75, 3.05) is 26.8 Å². The molecule has 0 unspecified atom stereocenters. The van der Waals surface area contributed by atoms with Crippen molar-refractivity contribution >= 4 is 11.8 Å². The number of carbonyl (C=O) groups is 2. The molecular formula is C17H28N4O3. The third-order valence-corrected chi connectivity index (χ3v) is 4.38. The van der Waals surface area contributed by atoms with Crippen LogP contribution >= 0.6 is 0 Å². The first kappa shape index (κ1) is 18.4. The molecule has 1 aliphatic rings. The average molecular weight is 336 g/mol. The number of piperidine rings is 1. The van der Waals surface area contributed by atoms with Crippen molar-refractivity contribution in [1.82, 2.24) is 20.0 Å². The van der Waals surface area contributed by atoms with Crippen molar-refractivity contribution in [2.45, 2.75) is 52.1 Å². The number of likely N-dealkylation sites (tertiary alicyclic amines) is 1. The molecule has 1 saturated heterocycles. The number of ether oxygens (including phenoxy) is 1. The maximum absolute atomic E-state index is 12.8. The largest absolute Gasteiger partial charge is 0.385 e. The Kier molecular flexibility index (Phi) is 6.36. The molecule has 7 nitrogen and oxygen atoms in total. The van der Waals surface area contributed by atoms with Gasteiger partial charge in [0.15, 0.2) is 0 Å². The predicted molar refractivity (Wildman–Crippen MR) is 90.6 cm³/mol. The van der Waals surface area contributed by atoms with Crippen LogP contribution < -0.4 is 5.32 Å². The summed E-state index contributed by atoms with van der Waals surface area (Å²) in [6.45, 7) is 7.24. The minimum absolute atomic E-state index is 0.0338. The zero-order valence-corrected chi connectivity index (χ0v) is 15.0. The summed E-state index contributed by atoms with van der Waals surface area (Å²) in [5, 5.41) is 7.31. The van der Waals surface area contributed by atoms with Crippen LogP contribution in [-0.2, 0) is 14.3 Å². The molecule has 2 heterocycles. The van der Waals surface area contributed by atoms with Gasteiger partial charge in [-0.1, -0.05) is 0 Å². The van der Waals surface area contributed by atoms with Crippen LogP contribution in [0, 0.1) is 13.8 Å². The van der Waals surface area contributed by atoms with Crippen LogP contribution in [-0.4, -0.2) is 59.3 Å². The molecule has 24 heavy (non-hydrogen) atoms. The highest BCUT2D eigenvalue weighted by molar-refractivity contribution is 5.87. The van der Waals surface area contributed by atoms with E-state index in [1.807, 2.05) is 23.4 Å². The number of rotatable bonds is 6. The van der Waals surface area contributed by atoms with Gasteiger partial charge in [-0.15, -0.1) is 0 Å². The molecule has 1 aromatic heterocycles. The van der Waals surface area contributed by atoms with Crippen LogP contribution in [0.3, 0.4) is 0 Å². The van der Waals surface area contributed by atoms with E-state index < -0.39 is 6.04 Å². The van der Waals surface area contributed by atoms with E-state index in [1.54, 1.807) is 7.11 Å². The summed E-state index contributed by atoms with van der Waals surface area (Å²) in [6, 6.07) is 1.72. The van der Waals surface area contributed by atoms with E-state index >= 15 is 0 Å². The van der Waals surface area contributed by atoms with E-state index in [-0.39, 0.29) is 17.9 Å². The highest BCUT2D eigenvalue weighted by Crippen LogP contribution is 2.23. The Labute approximate surface area is 143 Å². The second-order valence-electron chi connectivity index (χ2n) is 6.49. The molecule has 1 fully saturated rings. The van der Waals surface area contributed by atoms with Crippen LogP contribution in [0.5, 0.6) is 0 Å². The van der Waals surface area contributed by atoms with Crippen LogP contribution in [0.15, 0.2) is 6.07 Å². The van der Waals surface area contributed by atoms with Gasteiger partial charge < -0.3 is 15.0 Å². The number of aryl methyl sites for hydroxylation is 2. The summed E-state index contributed by atoms with van der Waals surface area (Å²) < 4.78 is 7.09. The summed E-state index contributed by atoms with van der Waals surface area (Å²) in [5.41, 5.74) is 2.11. The van der Waals surface area contributed by atoms with Gasteiger partial charge in [0.2, 0.25) is 11.8 Å². The highest BCUT2D eigenvalue weighted by atomic mass is 16.5. The first-order valence-electron chi connectivity index (χ1n) is 8.50. The molecular weight excluding hydrogens is 308 g/mol. The van der Waals surface area contributed by atoms with Crippen molar-refractivity contribution in [2.24, 2.45) is 0 Å². The van der Waals surface area contributed by atoms with Crippen molar-refractivity contribution in [3.8, 4) is 0 Å². The lowest BCUT2D eigenvalue weighted by molar-refractivity contribution is -0.138. The first-order valence-corrected chi connectivity index (χ1v) is 8.50. The van der Waals surface area contributed by atoms with Crippen molar-refractivity contribution < 1.29 is 14.3 Å². The number of hydrogen-bond donors (Lipinski definition) is 1. The van der Waals surface area contributed by atoms with E-state index in [2.05, 4.69) is 16.5 Å². The van der Waals surface area contributed by atoms with Crippen LogP contribution in [0.1, 0.15) is 43.6 Å². The Morgan fingerprint density at radius 2 is 2.21 bits per heavy atom. The van der Waals surface area contributed by atoms with Gasteiger partial charge >= 0.3 is 0 Å². The quantitative estimate of drug-likeness (QED) is 0.847. The van der Waals surface area contributed by atoms with Gasteiger partial charge in [-0.25, -0.2) is 0 Å². The summed E-state index contributed by atoms with van der Waals surface area (Å²) in [6.07, 6.45) is 2.43. The standard InChI is InChI=1S/C17H28N4O3/c1-12-10-13(2)21(19-12)15-6-5-8-20(11-15)17(23)16(7-9-24-4)18-14(3)22/h10,15-16H,5-9,11H2,1-4H3,(H,18,22)/t15-,16-/m0/s1. The van der Waals surface area contributed by atoms with Gasteiger partial charge in [0.05, 0.1) is 11.7 Å². The van der Waals surface area contributed by atoms with Crippen molar-refractivity contribution in [1.29, 1.82) is 0 Å². The molecule has 134 valence electrons. The molecule has 0 bridgehead atoms. The zero-order valence-electron chi connectivity index (χ0n) is 15.0. The van der Waals surface area contributed by atoms with Gasteiger partial charge in [0.1, 0.15) is 6.04 Å². The molecule has 2 rings (SSSR count). The third-order valence-electron chi connectivity index (χ3n) is 4.38. The normalized spacial score (nSPS) is 19.2. The van der Waals surface area contributed by atoms with Gasteiger partial charge in [0.25, 0.3) is 0 Å². The summed E-state index contributed by atoms with van der Waals surface area (Å²) >= 11 is 0. The van der Waals surface area contributed by atoms with E-state index in [0.717, 1.165) is 30.8 Å². The maximum Gasteiger partial charge on any atom is 0.245 e. The monoisotopic (exact) mass is 336 g/mol. The van der Waals surface area contributed by atoms with Crippen LogP contribution in [0.2, 0.25) is 0 Å². The smallest absolute Gasteiger partial charge is 0.245 e. The first-order chi connectivity index (χ1) is 11.4. The second-order valence-corrected chi connectivity index (χ2v) is 6.49. The molecule has 2 atom stereocenters. The van der Waals surface area contributed by atoms with E-state index in [9.17, 15) is 9.59 Å². The number of amides is 2. The Morgan fingerprint density at radius 3 is 2.79 bits per heavy atom. The molecule has 1 aromatic rings. The molecule has 1 N–H and O–H groups in total. The topological polar surface area (TPSA) is 76.5 Å². The minimum atomic E-state index is -0.526. The minimum Gasteiger partial charge on any atom is -0.385 e. The Bertz CT molecular complexity index is 584. The number of aromatic nitrogens is 2. The Hall–Kier alpha value is -1.89. The predicted octanol–water partition coefficient (Wildman–Crippen LogP) is 1.20. The number of methoxy groups -OCH3 is 1. The second kappa shape index (κ2) is 8.28. The molecule has 0 saturated carbocycles. The van der Waals surface area contributed by atoms with Gasteiger partial charge in [-0.2, -0.15) is 5.10 Å². The van der Waals surface area contributed by atoms with Crippen molar-refractivity contribution in [3.05, 3.63) is 17.5 Å². The van der Waals surface area contributed by atoms with Gasteiger partial charge in [0, 0.05) is 39.4 Å². The molecule has 0 radical (unpaired) electrons. The zero-order chi connectivity index (χ0) is 17.7. The summed E-state index contributed by atoms with van der Waals surface area (Å²) in [5.74, 6) is -0.231. The van der Waals surface area contributed by atoms with Gasteiger partial charge in [-0.05, 0) is 39.2 Å². The lowest BCUT2D eigenvalue weighted by atomic mass is 10.0. The number of carbonyl (C=O) groups excluding carboxylic acids is 2. The number of nitrogens with one attached hydrogen (secondary N) is 1. The molecule has 2 amide bonds. The fourth-order valence-electron chi connectivity index (χ4n) is 3.33. The van der Waals surface area contributed by atoms with Crippen LogP contribution in [0.25, 0.3) is 0 Å². The Balaban J connectivity index is 2.07. The summed E-state index contributed by atoms with van der Waals surface area (Å²) in [7, 11) is 1.59. The van der Waals surface area contributed by atoms with Gasteiger partial charge in [-0.3, -0.25) is 14.3 Å².